The summed E-state index contributed by atoms with van der Waals surface area (Å²) >= 11 is 0. The van der Waals surface area contributed by atoms with Crippen LogP contribution in [-0.4, -0.2) is 110 Å². The zero-order chi connectivity index (χ0) is 45.9. The highest BCUT2D eigenvalue weighted by molar-refractivity contribution is 7.45. The number of hydrogen-bond acceptors (Lipinski definition) is 12. The number of unbranched alkanes of at least 4 members (excludes halogenated alkanes) is 4. The molecule has 1 fully saturated rings. The van der Waals surface area contributed by atoms with Gasteiger partial charge in [0.05, 0.1) is 46.1 Å². The molecule has 0 aliphatic carbocycles. The van der Waals surface area contributed by atoms with E-state index in [1.165, 1.54) is 0 Å². The molecule has 0 aromatic carbocycles. The molecule has 0 radical (unpaired) electrons. The maximum Gasteiger partial charge on any atom is 0.306 e. The SMILES string of the molecule is CC/C=C\C/C=C\C/C=C\C/C=C\C/C=C\CCCC(=O)OC[C@H](COP(=O)([O-])OCC[N+](C)(C)C)OC(=O)CCC/C=C\C[C@H]1[C@@H](O)CC(O)O[C@@H]1/C=C/[C@@H](O)CCCCC. The Hall–Kier alpha value is -2.97. The number of nitrogens with zero attached hydrogens (tertiary/aromatic N) is 1. The maximum absolute atomic E-state index is 12.8. The van der Waals surface area contributed by atoms with Crippen LogP contribution >= 0.6 is 7.82 Å². The summed E-state index contributed by atoms with van der Waals surface area (Å²) in [6.45, 7) is 3.59. The Morgan fingerprint density at radius 3 is 1.97 bits per heavy atom. The summed E-state index contributed by atoms with van der Waals surface area (Å²) in [4.78, 5) is 37.8. The standard InChI is InChI=1S/C48H80NO12P/c1-6-8-10-11-12-13-14-15-16-17-18-19-20-21-22-23-28-32-46(52)57-39-42(40-59-62(55,56)58-37-36-49(3,4)5)60-47(53)33-29-25-24-27-31-43-44(51)38-48(54)61-45(43)35-34-41(50)30-26-9-7-2/h8,10,12-13,15-16,18-19,21-22,24,27,34-35,41-45,48,50-51,54H,6-7,9,11,14,17,20,23,25-26,28-33,36-40H2,1-5H3/b10-8-,13-12-,16-15-,19-18-,22-21-,27-24-,35-34+/t41-,42+,43-,44-,45+,48?/m0/s1. The Morgan fingerprint density at radius 1 is 0.790 bits per heavy atom. The number of aliphatic hydroxyl groups excluding tert-OH is 3. The zero-order valence-electron chi connectivity index (χ0n) is 38.3. The minimum absolute atomic E-state index is 0.0136. The van der Waals surface area contributed by atoms with Gasteiger partial charge in [0.25, 0.3) is 7.82 Å². The third kappa shape index (κ3) is 32.7. The molecule has 0 aromatic heterocycles. The average molecular weight is 894 g/mol. The zero-order valence-corrected chi connectivity index (χ0v) is 39.2. The van der Waals surface area contributed by atoms with Crippen molar-refractivity contribution in [3.63, 3.8) is 0 Å². The number of rotatable bonds is 35. The number of aliphatic hydroxyl groups is 3. The van der Waals surface area contributed by atoms with Crippen molar-refractivity contribution in [1.29, 1.82) is 0 Å². The maximum atomic E-state index is 12.8. The van der Waals surface area contributed by atoms with E-state index in [4.69, 9.17) is 23.3 Å². The molecule has 2 unspecified atom stereocenters. The molecule has 7 atom stereocenters. The van der Waals surface area contributed by atoms with Gasteiger partial charge >= 0.3 is 11.9 Å². The molecule has 1 saturated heterocycles. The summed E-state index contributed by atoms with van der Waals surface area (Å²) in [5, 5.41) is 31.0. The van der Waals surface area contributed by atoms with Gasteiger partial charge in [-0.3, -0.25) is 14.2 Å². The molecule has 0 spiro atoms. The predicted molar refractivity (Wildman–Crippen MR) is 243 cm³/mol. The van der Waals surface area contributed by atoms with E-state index < -0.39 is 57.1 Å². The monoisotopic (exact) mass is 894 g/mol. The summed E-state index contributed by atoms with van der Waals surface area (Å²) < 4.78 is 39.5. The van der Waals surface area contributed by atoms with Crippen LogP contribution in [0.4, 0.5) is 0 Å². The van der Waals surface area contributed by atoms with Gasteiger partial charge in [-0.2, -0.15) is 0 Å². The summed E-state index contributed by atoms with van der Waals surface area (Å²) in [5.41, 5.74) is 0. The molecular weight excluding hydrogens is 813 g/mol. The second kappa shape index (κ2) is 35.4. The highest BCUT2D eigenvalue weighted by Crippen LogP contribution is 2.38. The van der Waals surface area contributed by atoms with Gasteiger partial charge < -0.3 is 48.0 Å². The van der Waals surface area contributed by atoms with Crippen LogP contribution in [0.1, 0.15) is 123 Å². The summed E-state index contributed by atoms with van der Waals surface area (Å²) in [6, 6.07) is 0. The minimum atomic E-state index is -4.72. The second-order valence-electron chi connectivity index (χ2n) is 16.6. The number of phosphoric ester groups is 1. The summed E-state index contributed by atoms with van der Waals surface area (Å²) in [6.07, 6.45) is 35.3. The Morgan fingerprint density at radius 2 is 1.37 bits per heavy atom. The third-order valence-electron chi connectivity index (χ3n) is 9.69. The van der Waals surface area contributed by atoms with Gasteiger partial charge in [-0.15, -0.1) is 0 Å². The molecule has 1 aliphatic heterocycles. The molecule has 1 rings (SSSR count). The van der Waals surface area contributed by atoms with E-state index in [1.807, 2.05) is 45.4 Å². The van der Waals surface area contributed by atoms with Crippen molar-refractivity contribution in [2.24, 2.45) is 5.92 Å². The number of hydrogen-bond donors (Lipinski definition) is 3. The number of phosphoric acid groups is 1. The van der Waals surface area contributed by atoms with Gasteiger partial charge in [0.2, 0.25) is 0 Å². The van der Waals surface area contributed by atoms with Crippen molar-refractivity contribution in [2.45, 2.75) is 154 Å². The number of ether oxygens (including phenoxy) is 3. The van der Waals surface area contributed by atoms with Gasteiger partial charge in [-0.05, 0) is 70.6 Å². The van der Waals surface area contributed by atoms with Crippen LogP contribution in [-0.2, 0) is 37.4 Å². The molecule has 1 heterocycles. The molecule has 0 bridgehead atoms. The first-order chi connectivity index (χ1) is 29.7. The van der Waals surface area contributed by atoms with Crippen molar-refractivity contribution in [2.75, 3.05) is 47.5 Å². The van der Waals surface area contributed by atoms with Crippen LogP contribution < -0.4 is 4.89 Å². The number of likely N-dealkylation sites (N-methyl/N-ethyl adjacent to an activating group) is 1. The van der Waals surface area contributed by atoms with Crippen molar-refractivity contribution in [3.8, 4) is 0 Å². The highest BCUT2D eigenvalue weighted by atomic mass is 31.2. The predicted octanol–water partition coefficient (Wildman–Crippen LogP) is 8.27. The van der Waals surface area contributed by atoms with Crippen molar-refractivity contribution in [1.82, 2.24) is 0 Å². The molecule has 14 heteroatoms. The third-order valence-corrected chi connectivity index (χ3v) is 10.7. The van der Waals surface area contributed by atoms with Crippen LogP contribution in [0.25, 0.3) is 0 Å². The number of allylic oxidation sites excluding steroid dienone is 12. The van der Waals surface area contributed by atoms with Crippen molar-refractivity contribution in [3.05, 3.63) is 85.1 Å². The Bertz CT molecular complexity index is 1450. The molecule has 13 nitrogen and oxygen atoms in total. The minimum Gasteiger partial charge on any atom is -0.756 e. The Labute approximate surface area is 373 Å². The number of carbonyl (C=O) groups excluding carboxylic acids is 2. The lowest BCUT2D eigenvalue weighted by molar-refractivity contribution is -0.870. The van der Waals surface area contributed by atoms with E-state index in [0.29, 0.717) is 49.6 Å². The number of carbonyl (C=O) groups is 2. The van der Waals surface area contributed by atoms with Crippen LogP contribution in [0.3, 0.4) is 0 Å². The van der Waals surface area contributed by atoms with Gasteiger partial charge in [0, 0.05) is 25.2 Å². The van der Waals surface area contributed by atoms with Crippen LogP contribution in [0.15, 0.2) is 85.1 Å². The second-order valence-corrected chi connectivity index (χ2v) is 18.0. The van der Waals surface area contributed by atoms with Crippen LogP contribution in [0.5, 0.6) is 0 Å². The summed E-state index contributed by atoms with van der Waals surface area (Å²) in [7, 11) is 0.951. The molecule has 354 valence electrons. The molecular formula is C48H80NO12P. The first kappa shape index (κ1) is 57.0. The van der Waals surface area contributed by atoms with E-state index >= 15 is 0 Å². The molecule has 3 N–H and O–H groups in total. The molecule has 1 aliphatic rings. The lowest BCUT2D eigenvalue weighted by Gasteiger charge is -2.36. The first-order valence-electron chi connectivity index (χ1n) is 22.7. The fraction of sp³-hybridized carbons (Fsp3) is 0.667. The normalized spacial score (nSPS) is 21.0. The quantitative estimate of drug-likeness (QED) is 0.0183. The van der Waals surface area contributed by atoms with Gasteiger partial charge in [-0.1, -0.05) is 118 Å². The number of esters is 2. The van der Waals surface area contributed by atoms with E-state index in [9.17, 15) is 34.4 Å². The van der Waals surface area contributed by atoms with E-state index in [1.54, 1.807) is 12.2 Å². The van der Waals surface area contributed by atoms with E-state index in [0.717, 1.165) is 51.4 Å². The Kier molecular flexibility index (Phi) is 32.6. The molecule has 0 aromatic rings. The molecule has 0 amide bonds. The van der Waals surface area contributed by atoms with Crippen LogP contribution in [0, 0.1) is 5.92 Å². The fourth-order valence-electron chi connectivity index (χ4n) is 6.08. The lowest BCUT2D eigenvalue weighted by atomic mass is 9.87. The first-order valence-corrected chi connectivity index (χ1v) is 24.1. The Balaban J connectivity index is 2.58. The largest absolute Gasteiger partial charge is 0.756 e. The highest BCUT2D eigenvalue weighted by Gasteiger charge is 2.35. The van der Waals surface area contributed by atoms with E-state index in [2.05, 4.69) is 62.5 Å². The van der Waals surface area contributed by atoms with Crippen LogP contribution in [0.2, 0.25) is 0 Å². The smallest absolute Gasteiger partial charge is 0.306 e. The number of quaternary nitrogens is 1. The van der Waals surface area contributed by atoms with Gasteiger partial charge in [0.15, 0.2) is 12.4 Å². The van der Waals surface area contributed by atoms with Gasteiger partial charge in [-0.25, -0.2) is 0 Å². The van der Waals surface area contributed by atoms with Crippen molar-refractivity contribution >= 4 is 19.8 Å². The van der Waals surface area contributed by atoms with Crippen molar-refractivity contribution < 1.29 is 62.1 Å². The lowest BCUT2D eigenvalue weighted by Crippen LogP contribution is -2.43. The fourth-order valence-corrected chi connectivity index (χ4v) is 6.81. The van der Waals surface area contributed by atoms with E-state index in [-0.39, 0.29) is 38.4 Å². The molecule has 0 saturated carbocycles. The van der Waals surface area contributed by atoms with Gasteiger partial charge in [0.1, 0.15) is 19.8 Å². The molecule has 62 heavy (non-hydrogen) atoms. The summed E-state index contributed by atoms with van der Waals surface area (Å²) in [5.74, 6) is -1.44. The topological polar surface area (TPSA) is 181 Å². The average Bonchev–Trinajstić information content (AvgIpc) is 3.20.